The molecule has 0 radical (unpaired) electrons. The Morgan fingerprint density at radius 1 is 1.11 bits per heavy atom. The van der Waals surface area contributed by atoms with Crippen LogP contribution in [0.25, 0.3) is 10.4 Å². The second-order valence-electron chi connectivity index (χ2n) is 4.62. The SMILES string of the molecule is CNC(C)c1ccc(-c2ccccc2N(C)C)s1. The maximum Gasteiger partial charge on any atom is 0.0448 e. The van der Waals surface area contributed by atoms with E-state index in [0.717, 1.165) is 0 Å². The van der Waals surface area contributed by atoms with Crippen LogP contribution in [0.1, 0.15) is 17.8 Å². The highest BCUT2D eigenvalue weighted by Crippen LogP contribution is 2.36. The lowest BCUT2D eigenvalue weighted by Gasteiger charge is -2.16. The summed E-state index contributed by atoms with van der Waals surface area (Å²) in [6, 6.07) is 13.4. The van der Waals surface area contributed by atoms with Gasteiger partial charge in [-0.3, -0.25) is 0 Å². The zero-order valence-corrected chi connectivity index (χ0v) is 12.2. The molecule has 3 heteroatoms. The molecule has 2 rings (SSSR count). The van der Waals surface area contributed by atoms with Crippen LogP contribution in [0.3, 0.4) is 0 Å². The molecule has 0 aliphatic carbocycles. The van der Waals surface area contributed by atoms with Crippen LogP contribution in [0, 0.1) is 0 Å². The van der Waals surface area contributed by atoms with Gasteiger partial charge in [-0.25, -0.2) is 0 Å². The molecule has 18 heavy (non-hydrogen) atoms. The summed E-state index contributed by atoms with van der Waals surface area (Å²) < 4.78 is 0. The highest BCUT2D eigenvalue weighted by atomic mass is 32.1. The van der Waals surface area contributed by atoms with E-state index in [-0.39, 0.29) is 0 Å². The third-order valence-corrected chi connectivity index (χ3v) is 4.44. The van der Waals surface area contributed by atoms with Gasteiger partial charge in [0, 0.05) is 41.1 Å². The van der Waals surface area contributed by atoms with Gasteiger partial charge in [-0.15, -0.1) is 11.3 Å². The molecule has 1 atom stereocenters. The van der Waals surface area contributed by atoms with Crippen molar-refractivity contribution in [3.63, 3.8) is 0 Å². The van der Waals surface area contributed by atoms with Crippen LogP contribution in [0.2, 0.25) is 0 Å². The Bertz CT molecular complexity index is 517. The van der Waals surface area contributed by atoms with E-state index in [2.05, 4.69) is 67.6 Å². The summed E-state index contributed by atoms with van der Waals surface area (Å²) >= 11 is 1.86. The van der Waals surface area contributed by atoms with Gasteiger partial charge in [0.25, 0.3) is 0 Å². The number of para-hydroxylation sites is 1. The zero-order valence-electron chi connectivity index (χ0n) is 11.4. The van der Waals surface area contributed by atoms with Gasteiger partial charge in [0.05, 0.1) is 0 Å². The molecule has 96 valence electrons. The first-order valence-electron chi connectivity index (χ1n) is 6.17. The predicted octanol–water partition coefficient (Wildman–Crippen LogP) is 3.76. The van der Waals surface area contributed by atoms with Crippen molar-refractivity contribution in [1.82, 2.24) is 5.32 Å². The molecule has 1 aromatic carbocycles. The smallest absolute Gasteiger partial charge is 0.0448 e. The van der Waals surface area contributed by atoms with Crippen molar-refractivity contribution < 1.29 is 0 Å². The summed E-state index contributed by atoms with van der Waals surface area (Å²) in [4.78, 5) is 4.87. The number of hydrogen-bond acceptors (Lipinski definition) is 3. The number of anilines is 1. The van der Waals surface area contributed by atoms with E-state index in [9.17, 15) is 0 Å². The second-order valence-corrected chi connectivity index (χ2v) is 5.74. The molecule has 1 N–H and O–H groups in total. The quantitative estimate of drug-likeness (QED) is 0.900. The second kappa shape index (κ2) is 5.55. The lowest BCUT2D eigenvalue weighted by molar-refractivity contribution is 0.664. The molecule has 1 heterocycles. The van der Waals surface area contributed by atoms with Crippen molar-refractivity contribution in [2.45, 2.75) is 13.0 Å². The molecular weight excluding hydrogens is 240 g/mol. The summed E-state index contributed by atoms with van der Waals surface area (Å²) in [7, 11) is 6.17. The number of nitrogens with zero attached hydrogens (tertiary/aromatic N) is 1. The molecule has 0 saturated heterocycles. The average Bonchev–Trinajstić information content (AvgIpc) is 2.87. The molecule has 0 fully saturated rings. The fraction of sp³-hybridized carbons (Fsp3) is 0.333. The monoisotopic (exact) mass is 260 g/mol. The summed E-state index contributed by atoms with van der Waals surface area (Å²) in [5.41, 5.74) is 2.57. The van der Waals surface area contributed by atoms with Crippen LogP contribution in [-0.4, -0.2) is 21.1 Å². The Morgan fingerprint density at radius 3 is 2.50 bits per heavy atom. The minimum atomic E-state index is 0.412. The molecule has 1 aromatic heterocycles. The number of benzene rings is 1. The lowest BCUT2D eigenvalue weighted by Crippen LogP contribution is -2.10. The van der Waals surface area contributed by atoms with E-state index in [1.807, 2.05) is 18.4 Å². The van der Waals surface area contributed by atoms with Gasteiger partial charge in [0.15, 0.2) is 0 Å². The molecule has 1 unspecified atom stereocenters. The normalized spacial score (nSPS) is 12.4. The predicted molar refractivity (Wildman–Crippen MR) is 81.6 cm³/mol. The third-order valence-electron chi connectivity index (χ3n) is 3.14. The van der Waals surface area contributed by atoms with Crippen LogP contribution in [0.5, 0.6) is 0 Å². The van der Waals surface area contributed by atoms with Crippen molar-refractivity contribution >= 4 is 17.0 Å². The van der Waals surface area contributed by atoms with Crippen molar-refractivity contribution in [2.75, 3.05) is 26.0 Å². The topological polar surface area (TPSA) is 15.3 Å². The maximum absolute atomic E-state index is 3.28. The van der Waals surface area contributed by atoms with Gasteiger partial charge in [-0.2, -0.15) is 0 Å². The van der Waals surface area contributed by atoms with Crippen molar-refractivity contribution in [2.24, 2.45) is 0 Å². The van der Waals surface area contributed by atoms with Gasteiger partial charge in [-0.1, -0.05) is 18.2 Å². The highest BCUT2D eigenvalue weighted by Gasteiger charge is 2.11. The standard InChI is InChI=1S/C15H20N2S/c1-11(16-2)14-9-10-15(18-14)12-7-5-6-8-13(12)17(3)4/h5-11,16H,1-4H3. The Morgan fingerprint density at radius 2 is 1.83 bits per heavy atom. The molecule has 0 saturated carbocycles. The largest absolute Gasteiger partial charge is 0.377 e. The van der Waals surface area contributed by atoms with Crippen molar-refractivity contribution in [1.29, 1.82) is 0 Å². The summed E-state index contributed by atoms with van der Waals surface area (Å²) in [5, 5.41) is 3.28. The number of nitrogens with one attached hydrogen (secondary N) is 1. The maximum atomic E-state index is 3.28. The van der Waals surface area contributed by atoms with Crippen molar-refractivity contribution in [3.05, 3.63) is 41.3 Å². The first kappa shape index (κ1) is 13.1. The van der Waals surface area contributed by atoms with Gasteiger partial charge >= 0.3 is 0 Å². The van der Waals surface area contributed by atoms with Gasteiger partial charge in [0.2, 0.25) is 0 Å². The van der Waals surface area contributed by atoms with E-state index in [1.54, 1.807) is 0 Å². The number of rotatable bonds is 4. The van der Waals surface area contributed by atoms with Crippen LogP contribution in [0.4, 0.5) is 5.69 Å². The Hall–Kier alpha value is -1.32. The fourth-order valence-electron chi connectivity index (χ4n) is 1.94. The lowest BCUT2D eigenvalue weighted by atomic mass is 10.1. The first-order valence-corrected chi connectivity index (χ1v) is 6.99. The number of hydrogen-bond donors (Lipinski definition) is 1. The van der Waals surface area contributed by atoms with Crippen molar-refractivity contribution in [3.8, 4) is 10.4 Å². The van der Waals surface area contributed by atoms with E-state index in [0.29, 0.717) is 6.04 Å². The molecule has 0 bridgehead atoms. The molecular formula is C15H20N2S. The van der Waals surface area contributed by atoms with Gasteiger partial charge in [0.1, 0.15) is 0 Å². The summed E-state index contributed by atoms with van der Waals surface area (Å²) in [6.07, 6.45) is 0. The van der Waals surface area contributed by atoms with Gasteiger partial charge < -0.3 is 10.2 Å². The van der Waals surface area contributed by atoms with Crippen LogP contribution < -0.4 is 10.2 Å². The average molecular weight is 260 g/mol. The van der Waals surface area contributed by atoms with Gasteiger partial charge in [-0.05, 0) is 32.2 Å². The summed E-state index contributed by atoms with van der Waals surface area (Å²) in [5.74, 6) is 0. The first-order chi connectivity index (χ1) is 8.63. The zero-order chi connectivity index (χ0) is 13.1. The third kappa shape index (κ3) is 2.57. The van der Waals surface area contributed by atoms with Crippen LogP contribution in [0.15, 0.2) is 36.4 Å². The molecule has 0 amide bonds. The van der Waals surface area contributed by atoms with E-state index >= 15 is 0 Å². The van der Waals surface area contributed by atoms with E-state index < -0.39 is 0 Å². The fourth-order valence-corrected chi connectivity index (χ4v) is 3.05. The summed E-state index contributed by atoms with van der Waals surface area (Å²) in [6.45, 7) is 2.19. The molecule has 2 nitrogen and oxygen atoms in total. The Balaban J connectivity index is 2.40. The van der Waals surface area contributed by atoms with E-state index in [1.165, 1.54) is 21.0 Å². The highest BCUT2D eigenvalue weighted by molar-refractivity contribution is 7.15. The number of thiophene rings is 1. The molecule has 0 aliphatic rings. The van der Waals surface area contributed by atoms with E-state index in [4.69, 9.17) is 0 Å². The minimum Gasteiger partial charge on any atom is -0.377 e. The molecule has 0 spiro atoms. The van der Waals surface area contributed by atoms with Crippen LogP contribution >= 0.6 is 11.3 Å². The Kier molecular flexibility index (Phi) is 4.04. The molecule has 0 aliphatic heterocycles. The van der Waals surface area contributed by atoms with Crippen LogP contribution in [-0.2, 0) is 0 Å². The minimum absolute atomic E-state index is 0.412. The Labute approximate surface area is 113 Å². The molecule has 2 aromatic rings.